The van der Waals surface area contributed by atoms with Crippen molar-refractivity contribution in [3.05, 3.63) is 58.7 Å². The lowest BCUT2D eigenvalue weighted by atomic mass is 9.77. The SMILES string of the molecule is CC(=O)NC1=C(C#N)C(c2ccccc2)C2=C(CCCC2=O)O1. The Morgan fingerprint density at radius 2 is 2.04 bits per heavy atom. The molecular formula is C18H16N2O3. The summed E-state index contributed by atoms with van der Waals surface area (Å²) in [4.78, 5) is 23.9. The normalized spacial score (nSPS) is 20.5. The standard InChI is InChI=1S/C18H16N2O3/c1-11(21)20-18-13(10-19)16(12-6-3-2-4-7-12)17-14(22)8-5-9-15(17)23-18/h2-4,6-7,16H,5,8-9H2,1H3,(H,20,21). The maximum Gasteiger partial charge on any atom is 0.223 e. The molecule has 1 aliphatic heterocycles. The van der Waals surface area contributed by atoms with Crippen LogP contribution < -0.4 is 5.32 Å². The van der Waals surface area contributed by atoms with Gasteiger partial charge in [0.1, 0.15) is 17.4 Å². The third-order valence-corrected chi connectivity index (χ3v) is 4.00. The number of carbonyl (C=O) groups is 2. The van der Waals surface area contributed by atoms with Gasteiger partial charge in [0.2, 0.25) is 11.8 Å². The molecule has 1 aliphatic carbocycles. The Bertz CT molecular complexity index is 769. The van der Waals surface area contributed by atoms with Crippen LogP contribution in [0.25, 0.3) is 0 Å². The second-order valence-electron chi connectivity index (χ2n) is 5.60. The highest BCUT2D eigenvalue weighted by Crippen LogP contribution is 2.43. The van der Waals surface area contributed by atoms with Crippen LogP contribution in [0.4, 0.5) is 0 Å². The van der Waals surface area contributed by atoms with Crippen molar-refractivity contribution < 1.29 is 14.3 Å². The van der Waals surface area contributed by atoms with Crippen LogP contribution in [0.3, 0.4) is 0 Å². The number of amides is 1. The Hall–Kier alpha value is -2.87. The minimum atomic E-state index is -0.486. The number of Topliss-reactive ketones (excluding diaryl/α,β-unsaturated/α-hetero) is 1. The van der Waals surface area contributed by atoms with Crippen LogP contribution in [-0.2, 0) is 14.3 Å². The van der Waals surface area contributed by atoms with Crippen LogP contribution >= 0.6 is 0 Å². The van der Waals surface area contributed by atoms with E-state index in [0.717, 1.165) is 5.56 Å². The van der Waals surface area contributed by atoms with E-state index in [1.807, 2.05) is 30.3 Å². The second kappa shape index (κ2) is 6.09. The van der Waals surface area contributed by atoms with E-state index in [0.29, 0.717) is 30.6 Å². The lowest BCUT2D eigenvalue weighted by Crippen LogP contribution is -2.31. The number of benzene rings is 1. The first-order valence-electron chi connectivity index (χ1n) is 7.52. The van der Waals surface area contributed by atoms with E-state index >= 15 is 0 Å². The number of allylic oxidation sites excluding steroid dienone is 3. The van der Waals surface area contributed by atoms with E-state index in [1.54, 1.807) is 0 Å². The summed E-state index contributed by atoms with van der Waals surface area (Å²) in [6.07, 6.45) is 1.81. The molecule has 1 heterocycles. The first-order chi connectivity index (χ1) is 11.1. The Labute approximate surface area is 134 Å². The van der Waals surface area contributed by atoms with E-state index in [2.05, 4.69) is 11.4 Å². The van der Waals surface area contributed by atoms with Gasteiger partial charge in [0.15, 0.2) is 5.78 Å². The molecule has 1 amide bonds. The van der Waals surface area contributed by atoms with Gasteiger partial charge in [0, 0.05) is 25.3 Å². The number of hydrogen-bond donors (Lipinski definition) is 1. The van der Waals surface area contributed by atoms with Gasteiger partial charge in [-0.15, -0.1) is 0 Å². The van der Waals surface area contributed by atoms with Crippen LogP contribution in [0.5, 0.6) is 0 Å². The maximum absolute atomic E-state index is 12.4. The van der Waals surface area contributed by atoms with E-state index in [4.69, 9.17) is 4.74 Å². The lowest BCUT2D eigenvalue weighted by molar-refractivity contribution is -0.119. The molecule has 5 nitrogen and oxygen atoms in total. The van der Waals surface area contributed by atoms with E-state index in [-0.39, 0.29) is 23.1 Å². The Morgan fingerprint density at radius 1 is 1.30 bits per heavy atom. The highest BCUT2D eigenvalue weighted by molar-refractivity contribution is 5.99. The van der Waals surface area contributed by atoms with E-state index < -0.39 is 5.92 Å². The van der Waals surface area contributed by atoms with Crippen LogP contribution in [0.1, 0.15) is 37.7 Å². The number of carbonyl (C=O) groups excluding carboxylic acids is 2. The first-order valence-corrected chi connectivity index (χ1v) is 7.52. The van der Waals surface area contributed by atoms with Crippen molar-refractivity contribution >= 4 is 11.7 Å². The molecule has 1 aromatic carbocycles. The van der Waals surface area contributed by atoms with Gasteiger partial charge in [-0.25, -0.2) is 0 Å². The van der Waals surface area contributed by atoms with Crippen molar-refractivity contribution in [1.82, 2.24) is 5.32 Å². The fourth-order valence-corrected chi connectivity index (χ4v) is 3.06. The van der Waals surface area contributed by atoms with E-state index in [1.165, 1.54) is 6.92 Å². The van der Waals surface area contributed by atoms with Gasteiger partial charge < -0.3 is 4.74 Å². The van der Waals surface area contributed by atoms with Crippen molar-refractivity contribution in [2.75, 3.05) is 0 Å². The smallest absolute Gasteiger partial charge is 0.223 e. The van der Waals surface area contributed by atoms with Crippen LogP contribution in [-0.4, -0.2) is 11.7 Å². The quantitative estimate of drug-likeness (QED) is 0.911. The summed E-state index contributed by atoms with van der Waals surface area (Å²) >= 11 is 0. The number of nitriles is 1. The van der Waals surface area contributed by atoms with Crippen molar-refractivity contribution in [3.63, 3.8) is 0 Å². The molecule has 116 valence electrons. The number of rotatable bonds is 2. The summed E-state index contributed by atoms with van der Waals surface area (Å²) in [6, 6.07) is 11.5. The van der Waals surface area contributed by atoms with Gasteiger partial charge >= 0.3 is 0 Å². The summed E-state index contributed by atoms with van der Waals surface area (Å²) < 4.78 is 5.71. The molecule has 1 unspecified atom stereocenters. The Kier molecular flexibility index (Phi) is 3.98. The topological polar surface area (TPSA) is 79.2 Å². The molecule has 3 rings (SSSR count). The number of nitrogens with one attached hydrogen (secondary N) is 1. The van der Waals surface area contributed by atoms with Gasteiger partial charge in [0.05, 0.1) is 5.92 Å². The molecule has 0 aromatic heterocycles. The fraction of sp³-hybridized carbons (Fsp3) is 0.278. The van der Waals surface area contributed by atoms with Crippen LogP contribution in [0.15, 0.2) is 53.1 Å². The molecule has 0 radical (unpaired) electrons. The highest BCUT2D eigenvalue weighted by Gasteiger charge is 2.38. The number of ether oxygens (including phenoxy) is 1. The summed E-state index contributed by atoms with van der Waals surface area (Å²) in [5, 5.41) is 12.2. The average molecular weight is 308 g/mol. The maximum atomic E-state index is 12.4. The lowest BCUT2D eigenvalue weighted by Gasteiger charge is -2.32. The van der Waals surface area contributed by atoms with E-state index in [9.17, 15) is 14.9 Å². The van der Waals surface area contributed by atoms with Crippen molar-refractivity contribution in [2.24, 2.45) is 0 Å². The fourth-order valence-electron chi connectivity index (χ4n) is 3.06. The summed E-state index contributed by atoms with van der Waals surface area (Å²) in [5.74, 6) is -0.0831. The van der Waals surface area contributed by atoms with Crippen molar-refractivity contribution in [1.29, 1.82) is 5.26 Å². The summed E-state index contributed by atoms with van der Waals surface area (Å²) in [7, 11) is 0. The molecule has 0 bridgehead atoms. The zero-order valence-electron chi connectivity index (χ0n) is 12.8. The highest BCUT2D eigenvalue weighted by atomic mass is 16.5. The molecular weight excluding hydrogens is 292 g/mol. The number of hydrogen-bond acceptors (Lipinski definition) is 4. The van der Waals surface area contributed by atoms with Crippen LogP contribution in [0.2, 0.25) is 0 Å². The molecule has 1 atom stereocenters. The average Bonchev–Trinajstić information content (AvgIpc) is 2.54. The summed E-state index contributed by atoms with van der Waals surface area (Å²) in [5.41, 5.74) is 1.66. The minimum absolute atomic E-state index is 0.00901. The monoisotopic (exact) mass is 308 g/mol. The minimum Gasteiger partial charge on any atom is -0.444 e. The zero-order chi connectivity index (χ0) is 16.4. The molecule has 23 heavy (non-hydrogen) atoms. The number of nitrogens with zero attached hydrogens (tertiary/aromatic N) is 1. The van der Waals surface area contributed by atoms with Crippen molar-refractivity contribution in [3.8, 4) is 6.07 Å². The molecule has 0 fully saturated rings. The largest absolute Gasteiger partial charge is 0.444 e. The summed E-state index contributed by atoms with van der Waals surface area (Å²) in [6.45, 7) is 1.36. The first kappa shape index (κ1) is 15.0. The molecule has 0 saturated heterocycles. The molecule has 0 saturated carbocycles. The predicted molar refractivity (Wildman–Crippen MR) is 82.6 cm³/mol. The van der Waals surface area contributed by atoms with Gasteiger partial charge in [0.25, 0.3) is 0 Å². The van der Waals surface area contributed by atoms with Gasteiger partial charge in [-0.1, -0.05) is 30.3 Å². The third kappa shape index (κ3) is 2.76. The number of ketones is 1. The van der Waals surface area contributed by atoms with Crippen molar-refractivity contribution in [2.45, 2.75) is 32.1 Å². The molecule has 2 aliphatic rings. The molecule has 5 heteroatoms. The van der Waals surface area contributed by atoms with Gasteiger partial charge in [-0.3, -0.25) is 14.9 Å². The Balaban J connectivity index is 2.17. The third-order valence-electron chi connectivity index (χ3n) is 4.00. The molecule has 0 spiro atoms. The molecule has 1 aromatic rings. The predicted octanol–water partition coefficient (Wildman–Crippen LogP) is 2.68. The second-order valence-corrected chi connectivity index (χ2v) is 5.60. The van der Waals surface area contributed by atoms with Gasteiger partial charge in [-0.05, 0) is 12.0 Å². The molecule has 1 N–H and O–H groups in total. The zero-order valence-corrected chi connectivity index (χ0v) is 12.8. The Morgan fingerprint density at radius 3 is 2.70 bits per heavy atom. The van der Waals surface area contributed by atoms with Gasteiger partial charge in [-0.2, -0.15) is 5.26 Å². The van der Waals surface area contributed by atoms with Crippen LogP contribution in [0, 0.1) is 11.3 Å².